The Bertz CT molecular complexity index is 623. The van der Waals surface area contributed by atoms with Gasteiger partial charge in [0.1, 0.15) is 5.82 Å². The van der Waals surface area contributed by atoms with Crippen LogP contribution in [0.2, 0.25) is 0 Å². The molecule has 27 heavy (non-hydrogen) atoms. The fourth-order valence-corrected chi connectivity index (χ4v) is 3.70. The third-order valence-electron chi connectivity index (χ3n) is 5.26. The summed E-state index contributed by atoms with van der Waals surface area (Å²) in [6, 6.07) is 3.86. The minimum absolute atomic E-state index is 0.0519. The van der Waals surface area contributed by atoms with Gasteiger partial charge in [-0.1, -0.05) is 19.3 Å². The predicted octanol–water partition coefficient (Wildman–Crippen LogP) is 3.03. The summed E-state index contributed by atoms with van der Waals surface area (Å²) in [6.07, 6.45) is 6.83. The number of aromatic nitrogens is 2. The van der Waals surface area contributed by atoms with Crippen LogP contribution in [0.4, 0.5) is 16.4 Å². The molecule has 2 heterocycles. The van der Waals surface area contributed by atoms with Crippen LogP contribution in [-0.4, -0.2) is 52.8 Å². The van der Waals surface area contributed by atoms with Crippen molar-refractivity contribution < 1.29 is 14.3 Å². The second kappa shape index (κ2) is 9.53. The zero-order chi connectivity index (χ0) is 19.1. The third-order valence-corrected chi connectivity index (χ3v) is 5.26. The Morgan fingerprint density at radius 3 is 2.37 bits per heavy atom. The van der Waals surface area contributed by atoms with Crippen molar-refractivity contribution in [3.8, 4) is 0 Å². The Labute approximate surface area is 160 Å². The van der Waals surface area contributed by atoms with Gasteiger partial charge in [-0.2, -0.15) is 0 Å². The lowest BCUT2D eigenvalue weighted by Crippen LogP contribution is -2.42. The summed E-state index contributed by atoms with van der Waals surface area (Å²) in [5, 5.41) is 14.5. The van der Waals surface area contributed by atoms with Crippen LogP contribution in [0.1, 0.15) is 51.9 Å². The summed E-state index contributed by atoms with van der Waals surface area (Å²) in [5.41, 5.74) is 0. The summed E-state index contributed by atoms with van der Waals surface area (Å²) in [5.74, 6) is 1.33. The lowest BCUT2D eigenvalue weighted by atomic mass is 9.89. The van der Waals surface area contributed by atoms with Crippen molar-refractivity contribution in [2.24, 2.45) is 5.92 Å². The lowest BCUT2D eigenvalue weighted by molar-refractivity contribution is -0.120. The van der Waals surface area contributed by atoms with Crippen LogP contribution in [0, 0.1) is 5.92 Å². The van der Waals surface area contributed by atoms with Crippen molar-refractivity contribution >= 4 is 23.6 Å². The maximum atomic E-state index is 12.3. The second-order valence-corrected chi connectivity index (χ2v) is 7.23. The highest BCUT2D eigenvalue weighted by atomic mass is 16.6. The zero-order valence-electron chi connectivity index (χ0n) is 15.9. The first-order valence-electron chi connectivity index (χ1n) is 9.98. The van der Waals surface area contributed by atoms with E-state index in [0.29, 0.717) is 31.3 Å². The molecular formula is C19H29N5O3. The summed E-state index contributed by atoms with van der Waals surface area (Å²) in [6.45, 7) is 3.54. The SMILES string of the molecule is CCOC(=O)N1CCC(Nc2ccc(NC(=O)C3CCCCC3)nn2)CC1. The van der Waals surface area contributed by atoms with Gasteiger partial charge in [0.25, 0.3) is 0 Å². The Morgan fingerprint density at radius 2 is 1.74 bits per heavy atom. The molecule has 1 aromatic rings. The lowest BCUT2D eigenvalue weighted by Gasteiger charge is -2.31. The molecule has 8 heteroatoms. The second-order valence-electron chi connectivity index (χ2n) is 7.23. The van der Waals surface area contributed by atoms with E-state index in [4.69, 9.17) is 4.74 Å². The van der Waals surface area contributed by atoms with Crippen molar-refractivity contribution in [2.45, 2.75) is 57.9 Å². The molecule has 2 fully saturated rings. The molecule has 0 bridgehead atoms. The Morgan fingerprint density at radius 1 is 1.07 bits per heavy atom. The van der Waals surface area contributed by atoms with Crippen molar-refractivity contribution in [1.82, 2.24) is 15.1 Å². The molecule has 1 aromatic heterocycles. The fraction of sp³-hybridized carbons (Fsp3) is 0.684. The predicted molar refractivity (Wildman–Crippen MR) is 102 cm³/mol. The van der Waals surface area contributed by atoms with Gasteiger partial charge in [-0.3, -0.25) is 4.79 Å². The molecule has 1 saturated carbocycles. The standard InChI is InChI=1S/C19H29N5O3/c1-2-27-19(26)24-12-10-15(11-13-24)20-16-8-9-17(23-22-16)21-18(25)14-6-4-3-5-7-14/h8-9,14-15H,2-7,10-13H2,1H3,(H,20,22)(H,21,23,25). The largest absolute Gasteiger partial charge is 0.450 e. The van der Waals surface area contributed by atoms with Crippen LogP contribution in [-0.2, 0) is 9.53 Å². The molecule has 3 rings (SSSR count). The van der Waals surface area contributed by atoms with E-state index < -0.39 is 0 Å². The number of likely N-dealkylation sites (tertiary alicyclic amines) is 1. The average molecular weight is 375 g/mol. The van der Waals surface area contributed by atoms with Gasteiger partial charge in [0.15, 0.2) is 5.82 Å². The number of nitrogens with one attached hydrogen (secondary N) is 2. The Kier molecular flexibility index (Phi) is 6.84. The Balaban J connectivity index is 1.44. The molecule has 0 unspecified atom stereocenters. The summed E-state index contributed by atoms with van der Waals surface area (Å²) >= 11 is 0. The molecule has 0 radical (unpaired) electrons. The highest BCUT2D eigenvalue weighted by molar-refractivity contribution is 5.91. The topological polar surface area (TPSA) is 96.5 Å². The van der Waals surface area contributed by atoms with Crippen molar-refractivity contribution in [3.05, 3.63) is 12.1 Å². The number of rotatable bonds is 5. The molecule has 0 atom stereocenters. The fourth-order valence-electron chi connectivity index (χ4n) is 3.70. The highest BCUT2D eigenvalue weighted by Gasteiger charge is 2.24. The van der Waals surface area contributed by atoms with Crippen LogP contribution in [0.25, 0.3) is 0 Å². The van der Waals surface area contributed by atoms with E-state index in [1.165, 1.54) is 6.42 Å². The molecule has 8 nitrogen and oxygen atoms in total. The number of carbonyl (C=O) groups excluding carboxylic acids is 2. The molecule has 148 valence electrons. The molecule has 1 aliphatic carbocycles. The van der Waals surface area contributed by atoms with E-state index >= 15 is 0 Å². The van der Waals surface area contributed by atoms with E-state index in [2.05, 4.69) is 20.8 Å². The van der Waals surface area contributed by atoms with Crippen LogP contribution < -0.4 is 10.6 Å². The highest BCUT2D eigenvalue weighted by Crippen LogP contribution is 2.24. The number of anilines is 2. The minimum atomic E-state index is -0.242. The number of amides is 2. The molecule has 0 spiro atoms. The number of nitrogens with zero attached hydrogens (tertiary/aromatic N) is 3. The maximum Gasteiger partial charge on any atom is 0.409 e. The van der Waals surface area contributed by atoms with Gasteiger partial charge < -0.3 is 20.3 Å². The molecule has 2 aliphatic rings. The van der Waals surface area contributed by atoms with Crippen LogP contribution in [0.5, 0.6) is 0 Å². The average Bonchev–Trinajstić information content (AvgIpc) is 2.71. The van der Waals surface area contributed by atoms with Crippen LogP contribution in [0.15, 0.2) is 12.1 Å². The third kappa shape index (κ3) is 5.55. The first-order valence-corrected chi connectivity index (χ1v) is 9.98. The Hall–Kier alpha value is -2.38. The normalized spacial score (nSPS) is 18.8. The smallest absolute Gasteiger partial charge is 0.409 e. The van der Waals surface area contributed by atoms with Crippen molar-refractivity contribution in [2.75, 3.05) is 30.3 Å². The van der Waals surface area contributed by atoms with Crippen molar-refractivity contribution in [3.63, 3.8) is 0 Å². The van der Waals surface area contributed by atoms with E-state index in [-0.39, 0.29) is 24.0 Å². The van der Waals surface area contributed by atoms with E-state index in [9.17, 15) is 9.59 Å². The molecule has 0 aromatic carbocycles. The summed E-state index contributed by atoms with van der Waals surface area (Å²) in [7, 11) is 0. The van der Waals surface area contributed by atoms with Gasteiger partial charge in [0.2, 0.25) is 5.91 Å². The molecule has 2 N–H and O–H groups in total. The summed E-state index contributed by atoms with van der Waals surface area (Å²) in [4.78, 5) is 25.7. The quantitative estimate of drug-likeness (QED) is 0.821. The zero-order valence-corrected chi connectivity index (χ0v) is 15.9. The van der Waals surface area contributed by atoms with E-state index in [1.807, 2.05) is 13.0 Å². The molecule has 1 aliphatic heterocycles. The number of hydrogen-bond donors (Lipinski definition) is 2. The van der Waals surface area contributed by atoms with E-state index in [1.54, 1.807) is 11.0 Å². The minimum Gasteiger partial charge on any atom is -0.450 e. The van der Waals surface area contributed by atoms with E-state index in [0.717, 1.165) is 38.5 Å². The van der Waals surface area contributed by atoms with Gasteiger partial charge in [-0.05, 0) is 44.7 Å². The summed E-state index contributed by atoms with van der Waals surface area (Å²) < 4.78 is 5.03. The first kappa shape index (κ1) is 19.4. The maximum absolute atomic E-state index is 12.3. The number of piperidine rings is 1. The van der Waals surface area contributed by atoms with Gasteiger partial charge in [0.05, 0.1) is 6.61 Å². The van der Waals surface area contributed by atoms with Gasteiger partial charge in [-0.15, -0.1) is 10.2 Å². The molecule has 1 saturated heterocycles. The monoisotopic (exact) mass is 375 g/mol. The molecular weight excluding hydrogens is 346 g/mol. The number of hydrogen-bond acceptors (Lipinski definition) is 6. The number of carbonyl (C=O) groups is 2. The van der Waals surface area contributed by atoms with Gasteiger partial charge in [0, 0.05) is 25.0 Å². The number of ether oxygens (including phenoxy) is 1. The molecule has 2 amide bonds. The van der Waals surface area contributed by atoms with Gasteiger partial charge in [-0.25, -0.2) is 4.79 Å². The van der Waals surface area contributed by atoms with Crippen molar-refractivity contribution in [1.29, 1.82) is 0 Å². The first-order chi connectivity index (χ1) is 13.2. The van der Waals surface area contributed by atoms with Crippen LogP contribution >= 0.6 is 0 Å². The van der Waals surface area contributed by atoms with Gasteiger partial charge >= 0.3 is 6.09 Å². The van der Waals surface area contributed by atoms with Crippen LogP contribution in [0.3, 0.4) is 0 Å².